The average Bonchev–Trinajstić information content (AvgIpc) is 2.80. The van der Waals surface area contributed by atoms with E-state index in [1.54, 1.807) is 30.3 Å². The van der Waals surface area contributed by atoms with Crippen molar-refractivity contribution >= 4 is 41.4 Å². The number of nitrogens with two attached hydrogens (primary N) is 1. The highest BCUT2D eigenvalue weighted by Gasteiger charge is 2.31. The summed E-state index contributed by atoms with van der Waals surface area (Å²) in [7, 11) is 0. The zero-order valence-electron chi connectivity index (χ0n) is 20.7. The molecular weight excluding hydrogens is 488 g/mol. The molecule has 1 rings (SSSR count). The molecule has 0 aromatic heterocycles. The number of carbonyl (C=O) groups excluding carboxylic acids is 3. The van der Waals surface area contributed by atoms with Crippen LogP contribution >= 0.6 is 11.8 Å². The van der Waals surface area contributed by atoms with Gasteiger partial charge in [0.2, 0.25) is 17.7 Å². The van der Waals surface area contributed by atoms with Crippen LogP contribution in [0.3, 0.4) is 0 Å². The highest BCUT2D eigenvalue weighted by Crippen LogP contribution is 2.10. The van der Waals surface area contributed by atoms with Crippen LogP contribution in [0.2, 0.25) is 0 Å². The number of thioether (sulfide) groups is 1. The third-order valence-corrected chi connectivity index (χ3v) is 5.86. The van der Waals surface area contributed by atoms with Gasteiger partial charge < -0.3 is 31.9 Å². The molecule has 0 fully saturated rings. The predicted molar refractivity (Wildman–Crippen MR) is 136 cm³/mol. The van der Waals surface area contributed by atoms with Crippen molar-refractivity contribution in [3.05, 3.63) is 35.9 Å². The molecule has 0 bridgehead atoms. The molecule has 0 aliphatic carbocycles. The Morgan fingerprint density at radius 3 is 1.97 bits per heavy atom. The van der Waals surface area contributed by atoms with E-state index in [1.165, 1.54) is 11.8 Å². The van der Waals surface area contributed by atoms with Crippen LogP contribution in [0.4, 0.5) is 0 Å². The van der Waals surface area contributed by atoms with Crippen LogP contribution in [-0.2, 0) is 30.4 Å². The van der Waals surface area contributed by atoms with Crippen molar-refractivity contribution in [2.24, 2.45) is 11.7 Å². The average molecular weight is 525 g/mol. The van der Waals surface area contributed by atoms with Gasteiger partial charge in [0.1, 0.15) is 18.1 Å². The van der Waals surface area contributed by atoms with Crippen molar-refractivity contribution in [1.29, 1.82) is 0 Å². The molecule has 11 nitrogen and oxygen atoms in total. The minimum absolute atomic E-state index is 0.0123. The van der Waals surface area contributed by atoms with E-state index in [1.807, 2.05) is 20.1 Å². The summed E-state index contributed by atoms with van der Waals surface area (Å²) in [6.45, 7) is 3.70. The third-order valence-electron chi connectivity index (χ3n) is 5.21. The van der Waals surface area contributed by atoms with Crippen molar-refractivity contribution in [3.63, 3.8) is 0 Å². The number of nitrogens with one attached hydrogen (secondary N) is 3. The number of carboxylic acid groups (broad SMARTS) is 2. The maximum atomic E-state index is 13.0. The number of rotatable bonds is 16. The van der Waals surface area contributed by atoms with Gasteiger partial charge in [-0.3, -0.25) is 19.2 Å². The Balaban J connectivity index is 2.98. The number of amides is 3. The van der Waals surface area contributed by atoms with Gasteiger partial charge in [-0.1, -0.05) is 44.2 Å². The Morgan fingerprint density at radius 2 is 1.44 bits per heavy atom. The maximum Gasteiger partial charge on any atom is 0.326 e. The molecule has 0 saturated carbocycles. The van der Waals surface area contributed by atoms with E-state index in [0.29, 0.717) is 5.75 Å². The van der Waals surface area contributed by atoms with Gasteiger partial charge in [0.15, 0.2) is 0 Å². The van der Waals surface area contributed by atoms with Gasteiger partial charge in [0.25, 0.3) is 0 Å². The van der Waals surface area contributed by atoms with Crippen molar-refractivity contribution in [3.8, 4) is 0 Å². The molecule has 1 aromatic carbocycles. The lowest BCUT2D eigenvalue weighted by molar-refractivity contribution is -0.142. The molecule has 36 heavy (non-hydrogen) atoms. The van der Waals surface area contributed by atoms with Crippen molar-refractivity contribution in [1.82, 2.24) is 16.0 Å². The van der Waals surface area contributed by atoms with Crippen LogP contribution < -0.4 is 21.7 Å². The Labute approximate surface area is 215 Å². The molecule has 4 unspecified atom stereocenters. The first-order valence-corrected chi connectivity index (χ1v) is 13.0. The van der Waals surface area contributed by atoms with Gasteiger partial charge in [-0.15, -0.1) is 0 Å². The van der Waals surface area contributed by atoms with E-state index >= 15 is 0 Å². The van der Waals surface area contributed by atoms with Crippen LogP contribution in [0.25, 0.3) is 0 Å². The third kappa shape index (κ3) is 11.5. The summed E-state index contributed by atoms with van der Waals surface area (Å²) in [5.74, 6) is -4.06. The van der Waals surface area contributed by atoms with Crippen LogP contribution in [0.5, 0.6) is 0 Å². The Hall–Kier alpha value is -3.12. The molecule has 1 aromatic rings. The van der Waals surface area contributed by atoms with Gasteiger partial charge in [-0.05, 0) is 36.3 Å². The number of hydrogen-bond donors (Lipinski definition) is 6. The second-order valence-electron chi connectivity index (χ2n) is 8.83. The van der Waals surface area contributed by atoms with E-state index in [2.05, 4.69) is 16.0 Å². The smallest absolute Gasteiger partial charge is 0.326 e. The molecule has 3 amide bonds. The fourth-order valence-electron chi connectivity index (χ4n) is 3.36. The number of carbonyl (C=O) groups is 5. The van der Waals surface area contributed by atoms with Crippen LogP contribution in [-0.4, -0.2) is 76.0 Å². The first-order valence-electron chi connectivity index (χ1n) is 11.6. The van der Waals surface area contributed by atoms with Gasteiger partial charge >= 0.3 is 11.9 Å². The first kappa shape index (κ1) is 30.9. The van der Waals surface area contributed by atoms with Gasteiger partial charge in [0.05, 0.1) is 12.5 Å². The molecular formula is C24H36N4O7S. The van der Waals surface area contributed by atoms with Crippen LogP contribution in [0.15, 0.2) is 30.3 Å². The Bertz CT molecular complexity index is 898. The Morgan fingerprint density at radius 1 is 0.889 bits per heavy atom. The molecule has 0 radical (unpaired) electrons. The monoisotopic (exact) mass is 524 g/mol. The molecule has 200 valence electrons. The predicted octanol–water partition coefficient (Wildman–Crippen LogP) is 0.369. The first-order chi connectivity index (χ1) is 16.9. The minimum Gasteiger partial charge on any atom is -0.481 e. The van der Waals surface area contributed by atoms with E-state index in [4.69, 9.17) is 10.8 Å². The largest absolute Gasteiger partial charge is 0.481 e. The normalized spacial score (nSPS) is 14.2. The van der Waals surface area contributed by atoms with E-state index < -0.39 is 60.2 Å². The highest BCUT2D eigenvalue weighted by atomic mass is 32.2. The van der Waals surface area contributed by atoms with E-state index in [0.717, 1.165) is 5.56 Å². The standard InChI is InChI=1S/C24H36N4O7S/c1-14(2)11-18(23(33)28-19(24(34)35)12-15-7-5-4-6-8-15)27-22(32)17(9-10-36-3)26-21(31)16(25)13-20(29)30/h4-8,14,16-19H,9-13,25H2,1-3H3,(H,26,31)(H,27,32)(H,28,33)(H,29,30)(H,34,35). The molecule has 0 aliphatic heterocycles. The summed E-state index contributed by atoms with van der Waals surface area (Å²) in [6.07, 6.45) is 1.75. The topological polar surface area (TPSA) is 188 Å². The van der Waals surface area contributed by atoms with Gasteiger partial charge in [-0.25, -0.2) is 4.79 Å². The second kappa shape index (κ2) is 15.8. The molecule has 12 heteroatoms. The lowest BCUT2D eigenvalue weighted by Gasteiger charge is -2.26. The minimum atomic E-state index is -1.34. The molecule has 0 saturated heterocycles. The van der Waals surface area contributed by atoms with Crippen LogP contribution in [0, 0.1) is 5.92 Å². The van der Waals surface area contributed by atoms with Gasteiger partial charge in [0, 0.05) is 6.42 Å². The molecule has 0 aliphatic rings. The Kier molecular flexibility index (Phi) is 13.6. The lowest BCUT2D eigenvalue weighted by atomic mass is 10.0. The molecule has 0 spiro atoms. The number of hydrogen-bond acceptors (Lipinski definition) is 7. The number of carboxylic acids is 2. The van der Waals surface area contributed by atoms with Gasteiger partial charge in [-0.2, -0.15) is 11.8 Å². The SMILES string of the molecule is CSCCC(NC(=O)C(N)CC(=O)O)C(=O)NC(CC(C)C)C(=O)NC(Cc1ccccc1)C(=O)O. The molecule has 7 N–H and O–H groups in total. The molecule has 4 atom stereocenters. The van der Waals surface area contributed by atoms with Crippen LogP contribution in [0.1, 0.15) is 38.7 Å². The fraction of sp³-hybridized carbons (Fsp3) is 0.542. The zero-order valence-corrected chi connectivity index (χ0v) is 21.5. The van der Waals surface area contributed by atoms with Crippen molar-refractivity contribution in [2.45, 2.75) is 63.7 Å². The lowest BCUT2D eigenvalue weighted by Crippen LogP contribution is -2.57. The second-order valence-corrected chi connectivity index (χ2v) is 9.81. The highest BCUT2D eigenvalue weighted by molar-refractivity contribution is 7.98. The van der Waals surface area contributed by atoms with E-state index in [9.17, 15) is 29.1 Å². The summed E-state index contributed by atoms with van der Waals surface area (Å²) in [4.78, 5) is 61.0. The summed E-state index contributed by atoms with van der Waals surface area (Å²) in [5.41, 5.74) is 6.34. The summed E-state index contributed by atoms with van der Waals surface area (Å²) in [5, 5.41) is 26.1. The van der Waals surface area contributed by atoms with Crippen molar-refractivity contribution in [2.75, 3.05) is 12.0 Å². The number of aliphatic carboxylic acids is 2. The summed E-state index contributed by atoms with van der Waals surface area (Å²) >= 11 is 1.44. The molecule has 0 heterocycles. The number of benzene rings is 1. The maximum absolute atomic E-state index is 13.0. The quantitative estimate of drug-likeness (QED) is 0.177. The summed E-state index contributed by atoms with van der Waals surface area (Å²) < 4.78 is 0. The zero-order chi connectivity index (χ0) is 27.3. The van der Waals surface area contributed by atoms with E-state index in [-0.39, 0.29) is 25.2 Å². The fourth-order valence-corrected chi connectivity index (χ4v) is 3.83. The van der Waals surface area contributed by atoms with Crippen molar-refractivity contribution < 1.29 is 34.2 Å². The summed E-state index contributed by atoms with van der Waals surface area (Å²) in [6, 6.07) is 4.21.